The summed E-state index contributed by atoms with van der Waals surface area (Å²) in [6, 6.07) is 10.5. The number of hydrogen-bond donors (Lipinski definition) is 5. The molecular formula is C85H125N9O20. The van der Waals surface area contributed by atoms with E-state index in [9.17, 15) is 38.7 Å². The first-order valence-electron chi connectivity index (χ1n) is 41.4. The quantitative estimate of drug-likeness (QED) is 0.0328. The number of ether oxygens (including phenoxy) is 12. The largest absolute Gasteiger partial charge is 0.493 e. The van der Waals surface area contributed by atoms with Gasteiger partial charge in [-0.25, -0.2) is 9.69 Å². The number of methoxy groups -OCH3 is 1. The molecular weight excluding hydrogens is 1470 g/mol. The van der Waals surface area contributed by atoms with Crippen molar-refractivity contribution in [3.63, 3.8) is 0 Å². The first-order valence-corrected chi connectivity index (χ1v) is 41.4. The van der Waals surface area contributed by atoms with Gasteiger partial charge in [-0.1, -0.05) is 82.6 Å². The van der Waals surface area contributed by atoms with E-state index in [1.165, 1.54) is 70.3 Å². The molecule has 114 heavy (non-hydrogen) atoms. The van der Waals surface area contributed by atoms with Crippen LogP contribution in [0, 0.1) is 17.8 Å². The van der Waals surface area contributed by atoms with E-state index in [4.69, 9.17) is 56.8 Å². The number of rotatable bonds is 50. The fraction of sp³-hybridized carbons (Fsp3) is 0.647. The normalized spacial score (nSPS) is 18.9. The minimum atomic E-state index is -1.48. The average Bonchev–Trinajstić information content (AvgIpc) is 1.60. The molecule has 29 nitrogen and oxygen atoms in total. The molecule has 3 aromatic carbocycles. The fourth-order valence-corrected chi connectivity index (χ4v) is 14.9. The number of fused-ring (bicyclic) bond motifs is 4. The zero-order valence-electron chi connectivity index (χ0n) is 68.2. The SMILES string of the molecule is CCc1cc2c(cc1OCCCCCOc1cc3c(cc1OC)C(=O)N1C=C(C)C[C@H]1C=N3)N(C(=O)OCc1ccc(NC(=O)[C@H](C)NC(=O)[C@@H](NC(=O)CCOCCOCCOCCOCCOCCOCCOCCOCCNCCCN3CCC(C4CCCCCCCC4)C3=O)C(C)C)cc1)[C@@H](O)[C@@H]1CC(C)=CN1C2=O. The first-order chi connectivity index (χ1) is 55.4. The van der Waals surface area contributed by atoms with Crippen molar-refractivity contribution in [2.75, 3.05) is 162 Å². The zero-order valence-corrected chi connectivity index (χ0v) is 68.2. The van der Waals surface area contributed by atoms with Crippen LogP contribution < -0.4 is 40.4 Å². The smallest absolute Gasteiger partial charge is 0.416 e. The number of nitrogens with one attached hydrogen (secondary N) is 4. The second-order valence-electron chi connectivity index (χ2n) is 30.3. The lowest BCUT2D eigenvalue weighted by molar-refractivity contribution is -0.132. The van der Waals surface area contributed by atoms with Crippen molar-refractivity contribution in [3.05, 3.63) is 94.3 Å². The van der Waals surface area contributed by atoms with E-state index < -0.39 is 48.2 Å². The third-order valence-electron chi connectivity index (χ3n) is 21.2. The molecule has 5 aliphatic heterocycles. The second kappa shape index (κ2) is 48.4. The number of anilines is 2. The van der Waals surface area contributed by atoms with Crippen LogP contribution in [0.2, 0.25) is 0 Å². The predicted molar refractivity (Wildman–Crippen MR) is 430 cm³/mol. The number of carbonyl (C=O) groups excluding carboxylic acids is 7. The van der Waals surface area contributed by atoms with E-state index in [1.54, 1.807) is 79.7 Å². The van der Waals surface area contributed by atoms with Crippen molar-refractivity contribution >= 4 is 64.8 Å². The summed E-state index contributed by atoms with van der Waals surface area (Å²) in [5.74, 6) is 0.366. The number of benzene rings is 3. The predicted octanol–water partition coefficient (Wildman–Crippen LogP) is 10.00. The Labute approximate surface area is 672 Å². The van der Waals surface area contributed by atoms with E-state index in [-0.39, 0.29) is 67.2 Å². The van der Waals surface area contributed by atoms with Crippen LogP contribution in [0.15, 0.2) is 77.1 Å². The average molecular weight is 1590 g/mol. The number of aryl methyl sites for hydroxylation is 1. The molecule has 6 aliphatic rings. The van der Waals surface area contributed by atoms with Crippen molar-refractivity contribution in [3.8, 4) is 17.2 Å². The number of hydrogen-bond acceptors (Lipinski definition) is 22. The van der Waals surface area contributed by atoms with Crippen molar-refractivity contribution in [1.29, 1.82) is 0 Å². The molecule has 0 radical (unpaired) electrons. The van der Waals surface area contributed by atoms with E-state index in [0.29, 0.717) is 183 Å². The summed E-state index contributed by atoms with van der Waals surface area (Å²) >= 11 is 0. The number of nitrogens with zero attached hydrogens (tertiary/aromatic N) is 5. The Hall–Kier alpha value is -8.10. The van der Waals surface area contributed by atoms with Gasteiger partial charge in [-0.2, -0.15) is 0 Å². The lowest BCUT2D eigenvalue weighted by Gasteiger charge is -2.31. The standard InChI is InChI=1S/C85H125N9O20/c1-8-64-51-70-72(54-74(64)112-31-16-13-17-32-113-76-53-71-69(52-75(76)103-7)82(99)92-56-60(4)49-67(92)55-87-71)94(84(101)73-50-61(5)57-93(73)83(70)100)85(102)114-58-63-21-23-66(24-22-63)89-79(96)62(6)88-80(97)78(59(2)3)90-77(95)26-33-104-35-37-106-39-41-108-43-45-110-47-48-111-46-44-109-42-40-107-38-36-105-34-28-86-27-18-29-91-30-25-68(81(91)98)65-19-14-11-9-10-12-15-20-65/h21-24,51-57,59,62,65,67-68,73,78,84,86,101H,8-20,25-50,58H2,1-7H3,(H,88,97)(H,89,96)(H,90,95)/t62-,67-,68?,73-,78-,84-/m0/s1. The van der Waals surface area contributed by atoms with Crippen LogP contribution >= 0.6 is 0 Å². The number of amides is 7. The number of aliphatic hydroxyl groups is 1. The lowest BCUT2D eigenvalue weighted by atomic mass is 9.83. The van der Waals surface area contributed by atoms with Crippen molar-refractivity contribution in [1.82, 2.24) is 30.7 Å². The molecule has 2 fully saturated rings. The van der Waals surface area contributed by atoms with Gasteiger partial charge in [0.05, 0.1) is 161 Å². The summed E-state index contributed by atoms with van der Waals surface area (Å²) in [5, 5.41) is 23.7. The maximum atomic E-state index is 14.3. The summed E-state index contributed by atoms with van der Waals surface area (Å²) in [7, 11) is 1.53. The number of likely N-dealkylation sites (tertiary alicyclic amines) is 1. The highest BCUT2D eigenvalue weighted by atomic mass is 16.6. The van der Waals surface area contributed by atoms with Gasteiger partial charge in [0.25, 0.3) is 11.8 Å². The van der Waals surface area contributed by atoms with E-state index in [0.717, 1.165) is 73.5 Å². The first kappa shape index (κ1) is 89.8. The summed E-state index contributed by atoms with van der Waals surface area (Å²) in [6.07, 6.45) is 19.0. The molecule has 1 aliphatic carbocycles. The molecule has 5 heterocycles. The monoisotopic (exact) mass is 1590 g/mol. The van der Waals surface area contributed by atoms with Crippen molar-refractivity contribution in [2.24, 2.45) is 22.7 Å². The van der Waals surface area contributed by atoms with Crippen LogP contribution in [-0.2, 0) is 74.8 Å². The Morgan fingerprint density at radius 3 is 1.79 bits per heavy atom. The van der Waals surface area contributed by atoms with Gasteiger partial charge in [-0.15, -0.1) is 0 Å². The third kappa shape index (κ3) is 27.8. The minimum Gasteiger partial charge on any atom is -0.493 e. The number of aliphatic imine (C=N–C) groups is 1. The van der Waals surface area contributed by atoms with Crippen LogP contribution in [0.25, 0.3) is 0 Å². The second-order valence-corrected chi connectivity index (χ2v) is 30.3. The molecule has 9 rings (SSSR count). The molecule has 5 N–H and O–H groups in total. The summed E-state index contributed by atoms with van der Waals surface area (Å²) < 4.78 is 68.8. The summed E-state index contributed by atoms with van der Waals surface area (Å²) in [5.41, 5.74) is 5.00. The summed E-state index contributed by atoms with van der Waals surface area (Å²) in [4.78, 5) is 106. The van der Waals surface area contributed by atoms with Gasteiger partial charge in [0, 0.05) is 68.4 Å². The molecule has 1 saturated heterocycles. The molecule has 1 saturated carbocycles. The number of carbonyl (C=O) groups is 7. The van der Waals surface area contributed by atoms with Gasteiger partial charge in [0.15, 0.2) is 17.7 Å². The zero-order chi connectivity index (χ0) is 81.0. The molecule has 7 amide bonds. The van der Waals surface area contributed by atoms with Gasteiger partial charge in [-0.3, -0.25) is 33.8 Å². The molecule has 6 atom stereocenters. The minimum absolute atomic E-state index is 0.00255. The van der Waals surface area contributed by atoms with Gasteiger partial charge >= 0.3 is 6.09 Å². The Bertz CT molecular complexity index is 3640. The van der Waals surface area contributed by atoms with Crippen LogP contribution in [0.3, 0.4) is 0 Å². The molecule has 0 aromatic heterocycles. The Morgan fingerprint density at radius 1 is 0.596 bits per heavy atom. The van der Waals surface area contributed by atoms with Crippen molar-refractivity contribution in [2.45, 2.75) is 188 Å². The summed E-state index contributed by atoms with van der Waals surface area (Å²) in [6.45, 7) is 21.4. The Balaban J connectivity index is 0.568. The fourth-order valence-electron chi connectivity index (χ4n) is 14.9. The molecule has 3 aromatic rings. The molecule has 0 spiro atoms. The highest BCUT2D eigenvalue weighted by Crippen LogP contribution is 2.42. The maximum Gasteiger partial charge on any atom is 0.416 e. The molecule has 0 bridgehead atoms. The highest BCUT2D eigenvalue weighted by molar-refractivity contribution is 6.07. The number of unbranched alkanes of at least 4 members (excludes halogenated alkanes) is 2. The van der Waals surface area contributed by atoms with Gasteiger partial charge in [0.1, 0.15) is 24.4 Å². The molecule has 29 heteroatoms. The lowest BCUT2D eigenvalue weighted by Crippen LogP contribution is -2.53. The van der Waals surface area contributed by atoms with Crippen LogP contribution in [0.4, 0.5) is 21.9 Å². The highest BCUT2D eigenvalue weighted by Gasteiger charge is 2.45. The van der Waals surface area contributed by atoms with Crippen LogP contribution in [0.5, 0.6) is 17.2 Å². The third-order valence-corrected chi connectivity index (χ3v) is 21.2. The van der Waals surface area contributed by atoms with Crippen LogP contribution in [-0.4, -0.2) is 250 Å². The molecule has 630 valence electrons. The number of aliphatic hydroxyl groups excluding tert-OH is 1. The van der Waals surface area contributed by atoms with Gasteiger partial charge in [0.2, 0.25) is 23.6 Å². The van der Waals surface area contributed by atoms with Gasteiger partial charge < -0.3 is 97.9 Å². The molecule has 1 unspecified atom stereocenters. The topological polar surface area (TPSA) is 324 Å². The Kier molecular flexibility index (Phi) is 38.2. The van der Waals surface area contributed by atoms with E-state index >= 15 is 0 Å². The van der Waals surface area contributed by atoms with E-state index in [1.807, 2.05) is 27.0 Å². The van der Waals surface area contributed by atoms with Gasteiger partial charge in [-0.05, 0) is 139 Å². The van der Waals surface area contributed by atoms with Crippen molar-refractivity contribution < 1.29 is 95.5 Å². The van der Waals surface area contributed by atoms with Crippen LogP contribution in [0.1, 0.15) is 176 Å². The maximum absolute atomic E-state index is 14.3. The van der Waals surface area contributed by atoms with E-state index in [2.05, 4.69) is 31.2 Å². The Morgan fingerprint density at radius 2 is 1.18 bits per heavy atom.